The third-order valence-electron chi connectivity index (χ3n) is 3.50. The van der Waals surface area contributed by atoms with E-state index < -0.39 is 6.49 Å². The fourth-order valence-corrected chi connectivity index (χ4v) is 5.55. The van der Waals surface area contributed by atoms with E-state index in [-0.39, 0.29) is 11.5 Å². The molecule has 0 aliphatic carbocycles. The van der Waals surface area contributed by atoms with E-state index >= 15 is 0 Å². The molecular weight excluding hydrogens is 397 g/mol. The van der Waals surface area contributed by atoms with Gasteiger partial charge in [0.2, 0.25) is 6.49 Å². The predicted octanol–water partition coefficient (Wildman–Crippen LogP) is 5.01. The molecule has 0 amide bonds. The van der Waals surface area contributed by atoms with Gasteiger partial charge in [-0.1, -0.05) is 28.1 Å². The lowest BCUT2D eigenvalue weighted by atomic mass is 10.2. The van der Waals surface area contributed by atoms with Crippen LogP contribution in [0.3, 0.4) is 0 Å². The number of hydrogen-bond acceptors (Lipinski definition) is 5. The highest BCUT2D eigenvalue weighted by Crippen LogP contribution is 2.62. The first-order valence-electron chi connectivity index (χ1n) is 7.27. The summed E-state index contributed by atoms with van der Waals surface area (Å²) in [7, 11) is 0. The third kappa shape index (κ3) is 4.14. The smallest absolute Gasteiger partial charge is 0.215 e. The standard InChI is InChI=1S/C16H17BrNO3PS/c17-13-4-6-14(7-5-13)18-16(12-2-8-15(19)9-3-12)22(23)20-10-1-11-21-22/h2-9,16,18-19H,1,10-11H2. The molecule has 0 spiro atoms. The van der Waals surface area contributed by atoms with Gasteiger partial charge in [-0.15, -0.1) is 0 Å². The molecule has 122 valence electrons. The maximum Gasteiger partial charge on any atom is 0.215 e. The van der Waals surface area contributed by atoms with Gasteiger partial charge in [-0.05, 0) is 60.2 Å². The molecule has 0 saturated carbocycles. The van der Waals surface area contributed by atoms with Crippen LogP contribution in [0.4, 0.5) is 5.69 Å². The van der Waals surface area contributed by atoms with Gasteiger partial charge in [0, 0.05) is 10.2 Å². The van der Waals surface area contributed by atoms with Gasteiger partial charge in [-0.25, -0.2) is 0 Å². The second kappa shape index (κ2) is 7.32. The molecule has 2 aromatic carbocycles. The van der Waals surface area contributed by atoms with Crippen LogP contribution in [0.2, 0.25) is 0 Å². The number of phenolic OH excluding ortho intramolecular Hbond substituents is 1. The van der Waals surface area contributed by atoms with Crippen molar-refractivity contribution in [3.05, 3.63) is 58.6 Å². The Morgan fingerprint density at radius 3 is 2.26 bits per heavy atom. The summed E-state index contributed by atoms with van der Waals surface area (Å²) >= 11 is 9.18. The Balaban J connectivity index is 1.93. The van der Waals surface area contributed by atoms with Crippen LogP contribution in [-0.4, -0.2) is 18.3 Å². The van der Waals surface area contributed by atoms with Crippen LogP contribution >= 0.6 is 22.4 Å². The molecule has 1 aliphatic heterocycles. The Hall–Kier alpha value is -0.910. The van der Waals surface area contributed by atoms with Gasteiger partial charge in [-0.2, -0.15) is 0 Å². The van der Waals surface area contributed by atoms with Gasteiger partial charge in [0.25, 0.3) is 0 Å². The van der Waals surface area contributed by atoms with Crippen LogP contribution in [0.1, 0.15) is 17.8 Å². The number of anilines is 1. The summed E-state index contributed by atoms with van der Waals surface area (Å²) in [5.41, 5.74) is 1.88. The lowest BCUT2D eigenvalue weighted by Gasteiger charge is -2.34. The molecule has 1 atom stereocenters. The van der Waals surface area contributed by atoms with Crippen molar-refractivity contribution in [3.63, 3.8) is 0 Å². The Morgan fingerprint density at radius 1 is 1.04 bits per heavy atom. The molecule has 1 saturated heterocycles. The SMILES string of the molecule is Oc1ccc(C(Nc2ccc(Br)cc2)P2(=S)OCCCO2)cc1. The highest BCUT2D eigenvalue weighted by Gasteiger charge is 2.34. The molecule has 0 radical (unpaired) electrons. The summed E-state index contributed by atoms with van der Waals surface area (Å²) in [6.07, 6.45) is 0.860. The number of rotatable bonds is 4. The van der Waals surface area contributed by atoms with E-state index in [1.54, 1.807) is 12.1 Å². The van der Waals surface area contributed by atoms with Crippen molar-refractivity contribution in [1.82, 2.24) is 0 Å². The molecule has 2 N–H and O–H groups in total. The number of hydrogen-bond donors (Lipinski definition) is 2. The quantitative estimate of drug-likeness (QED) is 0.689. The molecular formula is C16H17BrNO3PS. The van der Waals surface area contributed by atoms with Crippen molar-refractivity contribution in [2.24, 2.45) is 0 Å². The minimum absolute atomic E-state index is 0.221. The van der Waals surface area contributed by atoms with E-state index in [2.05, 4.69) is 21.2 Å². The molecule has 4 nitrogen and oxygen atoms in total. The number of benzene rings is 2. The molecule has 0 aromatic heterocycles. The van der Waals surface area contributed by atoms with E-state index in [4.69, 9.17) is 20.9 Å². The Kier molecular flexibility index (Phi) is 5.39. The first-order valence-corrected chi connectivity index (χ1v) is 10.8. The number of nitrogens with one attached hydrogen (secondary N) is 1. The number of phenols is 1. The number of aromatic hydroxyl groups is 1. The van der Waals surface area contributed by atoms with Crippen LogP contribution in [0.25, 0.3) is 0 Å². The first kappa shape index (κ1) is 16.9. The third-order valence-corrected chi connectivity index (χ3v) is 7.44. The number of halogens is 1. The van der Waals surface area contributed by atoms with Crippen LogP contribution in [0.5, 0.6) is 5.75 Å². The summed E-state index contributed by atoms with van der Waals surface area (Å²) in [6.45, 7) is -1.27. The molecule has 3 rings (SSSR count). The van der Waals surface area contributed by atoms with E-state index in [0.717, 1.165) is 22.1 Å². The normalized spacial score (nSPS) is 18.3. The zero-order chi connectivity index (χ0) is 16.3. The van der Waals surface area contributed by atoms with Crippen LogP contribution in [0.15, 0.2) is 53.0 Å². The van der Waals surface area contributed by atoms with E-state index in [0.29, 0.717) is 13.2 Å². The average molecular weight is 414 g/mol. The minimum atomic E-state index is -2.51. The Bertz CT molecular complexity index is 698. The van der Waals surface area contributed by atoms with Gasteiger partial charge in [0.05, 0.1) is 13.2 Å². The van der Waals surface area contributed by atoms with Crippen molar-refractivity contribution >= 4 is 39.9 Å². The molecule has 7 heteroatoms. The summed E-state index contributed by atoms with van der Waals surface area (Å²) in [6, 6.07) is 14.9. The van der Waals surface area contributed by atoms with E-state index in [1.165, 1.54) is 0 Å². The topological polar surface area (TPSA) is 50.7 Å². The first-order chi connectivity index (χ1) is 11.1. The van der Waals surface area contributed by atoms with E-state index in [9.17, 15) is 5.11 Å². The Labute approximate surface area is 149 Å². The summed E-state index contributed by atoms with van der Waals surface area (Å²) in [4.78, 5) is 0. The second-order valence-electron chi connectivity index (χ2n) is 5.21. The van der Waals surface area contributed by atoms with Crippen molar-refractivity contribution in [2.45, 2.75) is 12.2 Å². The molecule has 2 aromatic rings. The molecule has 0 bridgehead atoms. The van der Waals surface area contributed by atoms with Crippen molar-refractivity contribution in [3.8, 4) is 5.75 Å². The summed E-state index contributed by atoms with van der Waals surface area (Å²) in [5, 5.41) is 13.0. The zero-order valence-corrected chi connectivity index (χ0v) is 15.6. The van der Waals surface area contributed by atoms with E-state index in [1.807, 2.05) is 36.4 Å². The lowest BCUT2D eigenvalue weighted by Crippen LogP contribution is -2.19. The molecule has 1 unspecified atom stereocenters. The second-order valence-corrected chi connectivity index (χ2v) is 9.76. The maximum absolute atomic E-state index is 9.53. The van der Waals surface area contributed by atoms with Crippen LogP contribution < -0.4 is 5.32 Å². The van der Waals surface area contributed by atoms with Crippen molar-refractivity contribution in [1.29, 1.82) is 0 Å². The fraction of sp³-hybridized carbons (Fsp3) is 0.250. The largest absolute Gasteiger partial charge is 0.508 e. The minimum Gasteiger partial charge on any atom is -0.508 e. The van der Waals surface area contributed by atoms with Crippen LogP contribution in [-0.2, 0) is 20.9 Å². The molecule has 23 heavy (non-hydrogen) atoms. The summed E-state index contributed by atoms with van der Waals surface area (Å²) in [5.74, 6) is -0.0436. The zero-order valence-electron chi connectivity index (χ0n) is 12.3. The van der Waals surface area contributed by atoms with Gasteiger partial charge >= 0.3 is 0 Å². The predicted molar refractivity (Wildman–Crippen MR) is 99.4 cm³/mol. The lowest BCUT2D eigenvalue weighted by molar-refractivity contribution is 0.175. The maximum atomic E-state index is 9.53. The van der Waals surface area contributed by atoms with Crippen molar-refractivity contribution in [2.75, 3.05) is 18.5 Å². The summed E-state index contributed by atoms with van der Waals surface area (Å²) < 4.78 is 12.8. The molecule has 1 heterocycles. The van der Waals surface area contributed by atoms with Gasteiger partial charge in [0.15, 0.2) is 0 Å². The monoisotopic (exact) mass is 413 g/mol. The van der Waals surface area contributed by atoms with Gasteiger partial charge in [0.1, 0.15) is 11.5 Å². The highest BCUT2D eigenvalue weighted by molar-refractivity contribution is 9.10. The van der Waals surface area contributed by atoms with Crippen LogP contribution in [0, 0.1) is 0 Å². The van der Waals surface area contributed by atoms with Gasteiger partial charge < -0.3 is 19.5 Å². The Morgan fingerprint density at radius 2 is 1.65 bits per heavy atom. The fourth-order valence-electron chi connectivity index (χ4n) is 2.33. The molecule has 1 aliphatic rings. The average Bonchev–Trinajstić information content (AvgIpc) is 2.56. The molecule has 1 fully saturated rings. The van der Waals surface area contributed by atoms with Gasteiger partial charge in [-0.3, -0.25) is 0 Å². The van der Waals surface area contributed by atoms with Crippen molar-refractivity contribution < 1.29 is 14.2 Å². The highest BCUT2D eigenvalue weighted by atomic mass is 79.9.